The summed E-state index contributed by atoms with van der Waals surface area (Å²) in [5, 5.41) is 0. The predicted octanol–water partition coefficient (Wildman–Crippen LogP) is 4.69. The molecule has 0 spiro atoms. The smallest absolute Gasteiger partial charge is 0.234 e. The molecule has 0 aliphatic heterocycles. The molecule has 0 fully saturated rings. The first-order valence-corrected chi connectivity index (χ1v) is 8.52. The Balaban J connectivity index is 2.18. The van der Waals surface area contributed by atoms with E-state index in [-0.39, 0.29) is 0 Å². The topological polar surface area (TPSA) is 8.81 Å². The quantitative estimate of drug-likeness (QED) is 0.467. The number of aromatic nitrogens is 2. The molecular weight excluding hydrogens is 256 g/mol. The maximum absolute atomic E-state index is 2.46. The summed E-state index contributed by atoms with van der Waals surface area (Å²) in [5.74, 6) is 1.45. The zero-order valence-electron chi connectivity index (χ0n) is 13.6. The molecule has 0 atom stereocenters. The van der Waals surface area contributed by atoms with Crippen LogP contribution in [0, 0.1) is 0 Å². The second-order valence-electron chi connectivity index (χ2n) is 5.78. The molecule has 0 aliphatic rings. The number of aryl methyl sites for hydroxylation is 1. The Hall–Kier alpha value is -1.57. The van der Waals surface area contributed by atoms with Crippen LogP contribution >= 0.6 is 0 Å². The second-order valence-corrected chi connectivity index (χ2v) is 5.78. The summed E-state index contributed by atoms with van der Waals surface area (Å²) >= 11 is 0. The van der Waals surface area contributed by atoms with Crippen LogP contribution < -0.4 is 4.57 Å². The summed E-state index contributed by atoms with van der Waals surface area (Å²) in [4.78, 5) is 0. The Morgan fingerprint density at radius 1 is 0.905 bits per heavy atom. The first kappa shape index (κ1) is 15.8. The van der Waals surface area contributed by atoms with Crippen LogP contribution in [0.4, 0.5) is 0 Å². The van der Waals surface area contributed by atoms with Crippen molar-refractivity contribution >= 4 is 0 Å². The molecule has 1 aromatic carbocycles. The van der Waals surface area contributed by atoms with Gasteiger partial charge in [-0.15, -0.1) is 0 Å². The van der Waals surface area contributed by atoms with Crippen LogP contribution in [0.1, 0.15) is 58.2 Å². The molecule has 0 saturated heterocycles. The highest BCUT2D eigenvalue weighted by atomic mass is 15.1. The summed E-state index contributed by atoms with van der Waals surface area (Å²) in [5.41, 5.74) is 1.28. The third-order valence-corrected chi connectivity index (χ3v) is 4.05. The third-order valence-electron chi connectivity index (χ3n) is 4.05. The van der Waals surface area contributed by atoms with Gasteiger partial charge in [-0.25, -0.2) is 4.57 Å². The maximum atomic E-state index is 2.46. The molecule has 114 valence electrons. The van der Waals surface area contributed by atoms with E-state index in [0.717, 1.165) is 6.54 Å². The van der Waals surface area contributed by atoms with Gasteiger partial charge in [0.25, 0.3) is 5.82 Å². The molecule has 0 saturated carbocycles. The predicted molar refractivity (Wildman–Crippen MR) is 88.7 cm³/mol. The molecule has 1 aromatic heterocycles. The van der Waals surface area contributed by atoms with E-state index in [1.807, 2.05) is 0 Å². The van der Waals surface area contributed by atoms with Gasteiger partial charge in [-0.3, -0.25) is 0 Å². The van der Waals surface area contributed by atoms with E-state index in [2.05, 4.69) is 65.7 Å². The average Bonchev–Trinajstić information content (AvgIpc) is 2.92. The minimum Gasteiger partial charge on any atom is -0.234 e. The van der Waals surface area contributed by atoms with Crippen molar-refractivity contribution in [2.45, 2.75) is 65.3 Å². The van der Waals surface area contributed by atoms with Crippen molar-refractivity contribution in [3.8, 4) is 5.69 Å². The molecule has 1 heterocycles. The van der Waals surface area contributed by atoms with Gasteiger partial charge in [-0.05, 0) is 31.4 Å². The SMILES string of the molecule is CCCCCc1n(-c2ccccc2)cc[n+]1CCCCC. The minimum absolute atomic E-state index is 1.15. The number of hydrogen-bond acceptors (Lipinski definition) is 0. The zero-order valence-corrected chi connectivity index (χ0v) is 13.6. The first-order chi connectivity index (χ1) is 10.4. The summed E-state index contributed by atoms with van der Waals surface area (Å²) in [6.07, 6.45) is 13.4. The molecule has 0 aliphatic carbocycles. The Morgan fingerprint density at radius 2 is 1.62 bits per heavy atom. The van der Waals surface area contributed by atoms with Gasteiger partial charge >= 0.3 is 0 Å². The van der Waals surface area contributed by atoms with E-state index >= 15 is 0 Å². The van der Waals surface area contributed by atoms with E-state index in [9.17, 15) is 0 Å². The van der Waals surface area contributed by atoms with Gasteiger partial charge in [-0.1, -0.05) is 51.3 Å². The van der Waals surface area contributed by atoms with Crippen molar-refractivity contribution in [3.63, 3.8) is 0 Å². The Kier molecular flexibility index (Phi) is 6.52. The summed E-state index contributed by atoms with van der Waals surface area (Å²) in [7, 11) is 0. The van der Waals surface area contributed by atoms with E-state index in [4.69, 9.17) is 0 Å². The summed E-state index contributed by atoms with van der Waals surface area (Å²) < 4.78 is 4.82. The van der Waals surface area contributed by atoms with E-state index in [0.29, 0.717) is 0 Å². The van der Waals surface area contributed by atoms with Gasteiger partial charge in [0.05, 0.1) is 6.54 Å². The molecule has 0 amide bonds. The van der Waals surface area contributed by atoms with Crippen molar-refractivity contribution in [1.29, 1.82) is 0 Å². The normalized spacial score (nSPS) is 11.0. The number of rotatable bonds is 9. The van der Waals surface area contributed by atoms with Crippen LogP contribution in [-0.4, -0.2) is 4.57 Å². The summed E-state index contributed by atoms with van der Waals surface area (Å²) in [6, 6.07) is 10.7. The largest absolute Gasteiger partial charge is 0.261 e. The molecule has 0 bridgehead atoms. The molecule has 21 heavy (non-hydrogen) atoms. The zero-order chi connectivity index (χ0) is 14.9. The molecule has 2 rings (SSSR count). The standard InChI is InChI=1S/C19H29N2/c1-3-5-8-14-19-20(15-11-6-4-2)16-17-21(19)18-12-9-7-10-13-18/h7,9-10,12-13,16-17H,3-6,8,11,14-15H2,1-2H3/q+1. The lowest BCUT2D eigenvalue weighted by Gasteiger charge is -2.05. The maximum Gasteiger partial charge on any atom is 0.261 e. The van der Waals surface area contributed by atoms with Crippen molar-refractivity contribution in [2.24, 2.45) is 0 Å². The van der Waals surface area contributed by atoms with Gasteiger partial charge in [0, 0.05) is 6.42 Å². The van der Waals surface area contributed by atoms with Crippen molar-refractivity contribution in [3.05, 3.63) is 48.5 Å². The Labute approximate surface area is 129 Å². The van der Waals surface area contributed by atoms with Crippen LogP contribution in [-0.2, 0) is 13.0 Å². The van der Waals surface area contributed by atoms with Gasteiger partial charge in [0.15, 0.2) is 0 Å². The molecule has 0 N–H and O–H groups in total. The Bertz CT molecular complexity index is 514. The van der Waals surface area contributed by atoms with E-state index < -0.39 is 0 Å². The molecule has 2 nitrogen and oxygen atoms in total. The molecule has 2 aromatic rings. The second kappa shape index (κ2) is 8.66. The molecular formula is C19H29N2+. The van der Waals surface area contributed by atoms with Crippen LogP contribution in [0.25, 0.3) is 5.69 Å². The van der Waals surface area contributed by atoms with Gasteiger partial charge < -0.3 is 0 Å². The lowest BCUT2D eigenvalue weighted by atomic mass is 10.2. The van der Waals surface area contributed by atoms with Crippen LogP contribution in [0.15, 0.2) is 42.7 Å². The number of para-hydroxylation sites is 1. The molecule has 2 heteroatoms. The minimum atomic E-state index is 1.15. The molecule has 0 radical (unpaired) electrons. The summed E-state index contributed by atoms with van der Waals surface area (Å²) in [6.45, 7) is 5.68. The van der Waals surface area contributed by atoms with Crippen molar-refractivity contribution in [2.75, 3.05) is 0 Å². The highest BCUT2D eigenvalue weighted by molar-refractivity contribution is 5.31. The van der Waals surface area contributed by atoms with Gasteiger partial charge in [-0.2, -0.15) is 4.57 Å². The number of hydrogen-bond donors (Lipinski definition) is 0. The fraction of sp³-hybridized carbons (Fsp3) is 0.526. The average molecular weight is 285 g/mol. The number of benzene rings is 1. The van der Waals surface area contributed by atoms with Crippen LogP contribution in [0.5, 0.6) is 0 Å². The number of imidazole rings is 1. The molecule has 0 unspecified atom stereocenters. The Morgan fingerprint density at radius 3 is 2.33 bits per heavy atom. The van der Waals surface area contributed by atoms with Crippen molar-refractivity contribution < 1.29 is 4.57 Å². The number of unbranched alkanes of at least 4 members (excludes halogenated alkanes) is 4. The number of nitrogens with zero attached hydrogens (tertiary/aromatic N) is 2. The van der Waals surface area contributed by atoms with Crippen LogP contribution in [0.2, 0.25) is 0 Å². The van der Waals surface area contributed by atoms with Gasteiger partial charge in [0.2, 0.25) is 0 Å². The van der Waals surface area contributed by atoms with Crippen molar-refractivity contribution in [1.82, 2.24) is 4.57 Å². The fourth-order valence-corrected chi connectivity index (χ4v) is 2.81. The monoisotopic (exact) mass is 285 g/mol. The lowest BCUT2D eigenvalue weighted by Crippen LogP contribution is -2.37. The fourth-order valence-electron chi connectivity index (χ4n) is 2.81. The van der Waals surface area contributed by atoms with E-state index in [1.165, 1.54) is 56.5 Å². The highest BCUT2D eigenvalue weighted by Gasteiger charge is 2.17. The van der Waals surface area contributed by atoms with E-state index in [1.54, 1.807) is 0 Å². The van der Waals surface area contributed by atoms with Gasteiger partial charge in [0.1, 0.15) is 18.1 Å². The first-order valence-electron chi connectivity index (χ1n) is 8.52. The highest BCUT2D eigenvalue weighted by Crippen LogP contribution is 2.12. The third kappa shape index (κ3) is 4.45. The van der Waals surface area contributed by atoms with Crippen LogP contribution in [0.3, 0.4) is 0 Å². The lowest BCUT2D eigenvalue weighted by molar-refractivity contribution is -0.704.